The van der Waals surface area contributed by atoms with Gasteiger partial charge >= 0.3 is 0 Å². The van der Waals surface area contributed by atoms with Crippen molar-refractivity contribution in [2.45, 2.75) is 40.0 Å². The van der Waals surface area contributed by atoms with E-state index >= 15 is 0 Å². The molecule has 1 aliphatic heterocycles. The van der Waals surface area contributed by atoms with E-state index in [1.165, 1.54) is 31.4 Å². The van der Waals surface area contributed by atoms with Crippen LogP contribution < -0.4 is 5.32 Å². The van der Waals surface area contributed by atoms with E-state index in [1.807, 2.05) is 12.1 Å². The minimum absolute atomic E-state index is 0.420. The number of piperidine rings is 1. The normalized spacial score (nSPS) is 27.7. The van der Waals surface area contributed by atoms with Gasteiger partial charge in [-0.3, -0.25) is 0 Å². The molecule has 2 heteroatoms. The molecule has 1 N–H and O–H groups in total. The lowest BCUT2D eigenvalue weighted by atomic mass is 9.66. The summed E-state index contributed by atoms with van der Waals surface area (Å²) in [5.74, 6) is 1.55. The standard InChI is InChI=1S/C17H26ClN/c1-13(2)10-15-12-19-9-8-17(15,3)11-14-4-6-16(18)7-5-14/h4-7,13,15,19H,8-12H2,1-3H3. The molecule has 0 aromatic heterocycles. The molecule has 0 bridgehead atoms. The van der Waals surface area contributed by atoms with Crippen LogP contribution in [0.1, 0.15) is 39.2 Å². The average Bonchev–Trinajstić information content (AvgIpc) is 2.35. The number of benzene rings is 1. The Morgan fingerprint density at radius 3 is 2.63 bits per heavy atom. The number of hydrogen-bond donors (Lipinski definition) is 1. The summed E-state index contributed by atoms with van der Waals surface area (Å²) < 4.78 is 0. The molecule has 1 aromatic rings. The molecule has 106 valence electrons. The van der Waals surface area contributed by atoms with Crippen molar-refractivity contribution in [3.8, 4) is 0 Å². The molecule has 0 amide bonds. The van der Waals surface area contributed by atoms with Gasteiger partial charge in [-0.1, -0.05) is 44.5 Å². The molecule has 1 nitrogen and oxygen atoms in total. The Hall–Kier alpha value is -0.530. The highest BCUT2D eigenvalue weighted by Crippen LogP contribution is 2.40. The maximum Gasteiger partial charge on any atom is 0.0406 e. The van der Waals surface area contributed by atoms with E-state index in [0.717, 1.165) is 23.4 Å². The average molecular weight is 280 g/mol. The highest BCUT2D eigenvalue weighted by atomic mass is 35.5. The zero-order chi connectivity index (χ0) is 13.9. The Bertz CT molecular complexity index is 398. The van der Waals surface area contributed by atoms with Gasteiger partial charge in [0, 0.05) is 5.02 Å². The van der Waals surface area contributed by atoms with Crippen LogP contribution in [0.4, 0.5) is 0 Å². The van der Waals surface area contributed by atoms with E-state index < -0.39 is 0 Å². The van der Waals surface area contributed by atoms with Crippen molar-refractivity contribution in [3.05, 3.63) is 34.9 Å². The lowest BCUT2D eigenvalue weighted by Crippen LogP contribution is -2.45. The van der Waals surface area contributed by atoms with E-state index in [-0.39, 0.29) is 0 Å². The van der Waals surface area contributed by atoms with Gasteiger partial charge in [0.2, 0.25) is 0 Å². The molecule has 1 saturated heterocycles. The van der Waals surface area contributed by atoms with Crippen molar-refractivity contribution in [1.82, 2.24) is 5.32 Å². The number of rotatable bonds is 4. The maximum atomic E-state index is 5.98. The summed E-state index contributed by atoms with van der Waals surface area (Å²) in [4.78, 5) is 0. The third-order valence-electron chi connectivity index (χ3n) is 4.53. The first kappa shape index (κ1) is 14.9. The Morgan fingerprint density at radius 2 is 2.00 bits per heavy atom. The van der Waals surface area contributed by atoms with Gasteiger partial charge in [-0.15, -0.1) is 0 Å². The predicted octanol–water partition coefficient (Wildman–Crippen LogP) is 4.54. The monoisotopic (exact) mass is 279 g/mol. The molecule has 0 radical (unpaired) electrons. The van der Waals surface area contributed by atoms with Crippen LogP contribution in [0.3, 0.4) is 0 Å². The van der Waals surface area contributed by atoms with Gasteiger partial charge in [0.15, 0.2) is 0 Å². The van der Waals surface area contributed by atoms with E-state index in [1.54, 1.807) is 0 Å². The van der Waals surface area contributed by atoms with Crippen molar-refractivity contribution in [2.75, 3.05) is 13.1 Å². The molecular weight excluding hydrogens is 254 g/mol. The summed E-state index contributed by atoms with van der Waals surface area (Å²) in [7, 11) is 0. The van der Waals surface area contributed by atoms with Crippen molar-refractivity contribution >= 4 is 11.6 Å². The molecule has 1 aromatic carbocycles. The third-order valence-corrected chi connectivity index (χ3v) is 4.78. The Labute approximate surface area is 122 Å². The van der Waals surface area contributed by atoms with Crippen molar-refractivity contribution < 1.29 is 0 Å². The third kappa shape index (κ3) is 3.97. The van der Waals surface area contributed by atoms with Crippen LogP contribution in [0.25, 0.3) is 0 Å². The molecule has 1 heterocycles. The van der Waals surface area contributed by atoms with Gasteiger partial charge < -0.3 is 5.32 Å². The van der Waals surface area contributed by atoms with Gasteiger partial charge in [0.25, 0.3) is 0 Å². The molecule has 19 heavy (non-hydrogen) atoms. The Kier molecular flexibility index (Phi) is 4.92. The molecule has 2 unspecified atom stereocenters. The van der Waals surface area contributed by atoms with Gasteiger partial charge in [-0.05, 0) is 67.3 Å². The first-order valence-corrected chi connectivity index (χ1v) is 7.82. The maximum absolute atomic E-state index is 5.98. The largest absolute Gasteiger partial charge is 0.316 e. The van der Waals surface area contributed by atoms with Crippen LogP contribution >= 0.6 is 11.6 Å². The summed E-state index contributed by atoms with van der Waals surface area (Å²) >= 11 is 5.98. The van der Waals surface area contributed by atoms with Crippen LogP contribution in [0.15, 0.2) is 24.3 Å². The smallest absolute Gasteiger partial charge is 0.0406 e. The first-order chi connectivity index (χ1) is 8.99. The zero-order valence-electron chi connectivity index (χ0n) is 12.4. The van der Waals surface area contributed by atoms with Gasteiger partial charge in [0.05, 0.1) is 0 Å². The Morgan fingerprint density at radius 1 is 1.32 bits per heavy atom. The SMILES string of the molecule is CC(C)CC1CNCCC1(C)Cc1ccc(Cl)cc1. The van der Waals surface area contributed by atoms with Gasteiger partial charge in [-0.25, -0.2) is 0 Å². The van der Waals surface area contributed by atoms with Crippen LogP contribution in [0.2, 0.25) is 5.02 Å². The van der Waals surface area contributed by atoms with E-state index in [2.05, 4.69) is 38.2 Å². The second-order valence-electron chi connectivity index (χ2n) is 6.74. The molecule has 0 spiro atoms. The second kappa shape index (κ2) is 6.28. The predicted molar refractivity (Wildman–Crippen MR) is 83.7 cm³/mol. The van der Waals surface area contributed by atoms with Crippen LogP contribution in [-0.2, 0) is 6.42 Å². The van der Waals surface area contributed by atoms with Crippen molar-refractivity contribution in [2.24, 2.45) is 17.3 Å². The fourth-order valence-electron chi connectivity index (χ4n) is 3.34. The lowest BCUT2D eigenvalue weighted by Gasteiger charge is -2.43. The molecular formula is C17H26ClN. The van der Waals surface area contributed by atoms with Gasteiger partial charge in [0.1, 0.15) is 0 Å². The number of nitrogens with one attached hydrogen (secondary N) is 1. The van der Waals surface area contributed by atoms with Crippen LogP contribution in [-0.4, -0.2) is 13.1 Å². The fraction of sp³-hybridized carbons (Fsp3) is 0.647. The number of halogens is 1. The summed E-state index contributed by atoms with van der Waals surface area (Å²) in [5.41, 5.74) is 1.84. The molecule has 0 aliphatic carbocycles. The number of hydrogen-bond acceptors (Lipinski definition) is 1. The van der Waals surface area contributed by atoms with Crippen LogP contribution in [0.5, 0.6) is 0 Å². The van der Waals surface area contributed by atoms with E-state index in [9.17, 15) is 0 Å². The molecule has 1 fully saturated rings. The zero-order valence-corrected chi connectivity index (χ0v) is 13.1. The van der Waals surface area contributed by atoms with Crippen molar-refractivity contribution in [1.29, 1.82) is 0 Å². The quantitative estimate of drug-likeness (QED) is 0.853. The van der Waals surface area contributed by atoms with E-state index in [0.29, 0.717) is 5.41 Å². The molecule has 0 saturated carbocycles. The summed E-state index contributed by atoms with van der Waals surface area (Å²) in [6, 6.07) is 8.39. The molecule has 2 rings (SSSR count). The Balaban J connectivity index is 2.11. The summed E-state index contributed by atoms with van der Waals surface area (Å²) in [6.07, 6.45) is 3.76. The lowest BCUT2D eigenvalue weighted by molar-refractivity contribution is 0.110. The minimum atomic E-state index is 0.420. The van der Waals surface area contributed by atoms with Crippen molar-refractivity contribution in [3.63, 3.8) is 0 Å². The van der Waals surface area contributed by atoms with Crippen LogP contribution in [0, 0.1) is 17.3 Å². The first-order valence-electron chi connectivity index (χ1n) is 7.45. The highest BCUT2D eigenvalue weighted by Gasteiger charge is 2.36. The molecule has 1 aliphatic rings. The topological polar surface area (TPSA) is 12.0 Å². The van der Waals surface area contributed by atoms with Gasteiger partial charge in [-0.2, -0.15) is 0 Å². The fourth-order valence-corrected chi connectivity index (χ4v) is 3.46. The molecule has 2 atom stereocenters. The second-order valence-corrected chi connectivity index (χ2v) is 7.17. The summed E-state index contributed by atoms with van der Waals surface area (Å²) in [6.45, 7) is 9.45. The minimum Gasteiger partial charge on any atom is -0.316 e. The highest BCUT2D eigenvalue weighted by molar-refractivity contribution is 6.30. The van der Waals surface area contributed by atoms with E-state index in [4.69, 9.17) is 11.6 Å². The summed E-state index contributed by atoms with van der Waals surface area (Å²) in [5, 5.41) is 4.40.